The molecule has 1 heterocycles. The van der Waals surface area contributed by atoms with Crippen LogP contribution in [0.2, 0.25) is 0 Å². The van der Waals surface area contributed by atoms with Crippen molar-refractivity contribution >= 4 is 5.91 Å². The van der Waals surface area contributed by atoms with Gasteiger partial charge in [-0.25, -0.2) is 0 Å². The van der Waals surface area contributed by atoms with Crippen LogP contribution < -0.4 is 10.1 Å². The second-order valence-corrected chi connectivity index (χ2v) is 4.87. The number of carbonyl (C=O) groups excluding carboxylic acids is 1. The molecule has 4 nitrogen and oxygen atoms in total. The van der Waals surface area contributed by atoms with Crippen LogP contribution in [0.25, 0.3) is 0 Å². The van der Waals surface area contributed by atoms with E-state index in [9.17, 15) is 4.79 Å². The summed E-state index contributed by atoms with van der Waals surface area (Å²) in [6.07, 6.45) is 1.27. The molecule has 0 saturated heterocycles. The third-order valence-electron chi connectivity index (χ3n) is 3.02. The summed E-state index contributed by atoms with van der Waals surface area (Å²) in [4.78, 5) is 14.0. The highest BCUT2D eigenvalue weighted by Gasteiger charge is 2.28. The molecule has 18 heavy (non-hydrogen) atoms. The van der Waals surface area contributed by atoms with Gasteiger partial charge in [-0.3, -0.25) is 4.79 Å². The van der Waals surface area contributed by atoms with Crippen LogP contribution in [0.1, 0.15) is 12.0 Å². The van der Waals surface area contributed by atoms with Gasteiger partial charge < -0.3 is 15.0 Å². The summed E-state index contributed by atoms with van der Waals surface area (Å²) >= 11 is 0. The van der Waals surface area contributed by atoms with Crippen LogP contribution in [0, 0.1) is 0 Å². The van der Waals surface area contributed by atoms with Crippen LogP contribution in [-0.2, 0) is 11.2 Å². The minimum Gasteiger partial charge on any atom is -0.480 e. The molecule has 1 N–H and O–H groups in total. The molecule has 0 saturated carbocycles. The fourth-order valence-corrected chi connectivity index (χ4v) is 2.05. The van der Waals surface area contributed by atoms with E-state index in [-0.39, 0.29) is 12.0 Å². The molecule has 1 unspecified atom stereocenters. The van der Waals surface area contributed by atoms with Gasteiger partial charge in [0.15, 0.2) is 6.10 Å². The first-order valence-corrected chi connectivity index (χ1v) is 6.34. The number of hydrogen-bond acceptors (Lipinski definition) is 3. The average molecular weight is 248 g/mol. The summed E-state index contributed by atoms with van der Waals surface area (Å²) in [6, 6.07) is 7.82. The van der Waals surface area contributed by atoms with Crippen LogP contribution in [-0.4, -0.2) is 44.1 Å². The van der Waals surface area contributed by atoms with Gasteiger partial charge >= 0.3 is 0 Å². The zero-order valence-corrected chi connectivity index (χ0v) is 11.0. The summed E-state index contributed by atoms with van der Waals surface area (Å²) in [5.41, 5.74) is 1.12. The van der Waals surface area contributed by atoms with Gasteiger partial charge in [0.05, 0.1) is 0 Å². The predicted octanol–water partition coefficient (Wildman–Crippen LogP) is 1.06. The molecular weight excluding hydrogens is 228 g/mol. The number of hydrogen-bond donors (Lipinski definition) is 1. The minimum absolute atomic E-state index is 0.00930. The van der Waals surface area contributed by atoms with Crippen molar-refractivity contribution in [2.24, 2.45) is 0 Å². The number of carbonyl (C=O) groups is 1. The van der Waals surface area contributed by atoms with E-state index in [1.165, 1.54) is 0 Å². The molecule has 0 fully saturated rings. The van der Waals surface area contributed by atoms with Gasteiger partial charge in [0.1, 0.15) is 5.75 Å². The van der Waals surface area contributed by atoms with Gasteiger partial charge in [-0.15, -0.1) is 0 Å². The third-order valence-corrected chi connectivity index (χ3v) is 3.02. The Kier molecular flexibility index (Phi) is 4.20. The molecule has 1 amide bonds. The van der Waals surface area contributed by atoms with Crippen LogP contribution in [0.4, 0.5) is 0 Å². The summed E-state index contributed by atoms with van der Waals surface area (Å²) < 4.78 is 5.62. The zero-order valence-electron chi connectivity index (χ0n) is 11.0. The average Bonchev–Trinajstić information content (AvgIpc) is 2.78. The van der Waals surface area contributed by atoms with Gasteiger partial charge in [-0.1, -0.05) is 18.2 Å². The smallest absolute Gasteiger partial charge is 0.261 e. The van der Waals surface area contributed by atoms with E-state index in [1.807, 2.05) is 38.4 Å². The lowest BCUT2D eigenvalue weighted by atomic mass is 10.1. The van der Waals surface area contributed by atoms with E-state index < -0.39 is 0 Å². The Labute approximate surface area is 108 Å². The summed E-state index contributed by atoms with van der Waals surface area (Å²) in [5, 5.41) is 2.92. The number of amides is 1. The molecule has 1 atom stereocenters. The largest absolute Gasteiger partial charge is 0.480 e. The Hall–Kier alpha value is -1.55. The molecule has 1 aliphatic rings. The number of ether oxygens (including phenoxy) is 1. The van der Waals surface area contributed by atoms with Gasteiger partial charge in [-0.05, 0) is 38.7 Å². The van der Waals surface area contributed by atoms with Crippen LogP contribution in [0.3, 0.4) is 0 Å². The maximum atomic E-state index is 11.9. The summed E-state index contributed by atoms with van der Waals surface area (Å²) in [7, 11) is 4.05. The normalized spacial score (nSPS) is 17.4. The number of para-hydroxylation sites is 1. The van der Waals surface area contributed by atoms with E-state index in [4.69, 9.17) is 4.74 Å². The maximum Gasteiger partial charge on any atom is 0.261 e. The lowest BCUT2D eigenvalue weighted by molar-refractivity contribution is -0.127. The second kappa shape index (κ2) is 5.87. The lowest BCUT2D eigenvalue weighted by Crippen LogP contribution is -2.38. The van der Waals surface area contributed by atoms with Crippen LogP contribution in [0.5, 0.6) is 5.75 Å². The van der Waals surface area contributed by atoms with Crippen molar-refractivity contribution < 1.29 is 9.53 Å². The number of nitrogens with zero attached hydrogens (tertiary/aromatic N) is 1. The van der Waals surface area contributed by atoms with Gasteiger partial charge in [0, 0.05) is 13.0 Å². The van der Waals surface area contributed by atoms with Gasteiger partial charge in [0.25, 0.3) is 5.91 Å². The number of fused-ring (bicyclic) bond motifs is 1. The number of nitrogens with one attached hydrogen (secondary N) is 1. The highest BCUT2D eigenvalue weighted by Crippen LogP contribution is 2.27. The highest BCUT2D eigenvalue weighted by molar-refractivity contribution is 5.82. The molecule has 1 aliphatic heterocycles. The lowest BCUT2D eigenvalue weighted by Gasteiger charge is -2.13. The van der Waals surface area contributed by atoms with Crippen LogP contribution >= 0.6 is 0 Å². The molecule has 0 bridgehead atoms. The first-order chi connectivity index (χ1) is 8.66. The molecule has 2 rings (SSSR count). The SMILES string of the molecule is CN(C)CCCNC(=O)C1Cc2ccccc2O1. The van der Waals surface area contributed by atoms with Crippen molar-refractivity contribution in [1.29, 1.82) is 0 Å². The predicted molar refractivity (Wildman–Crippen MR) is 70.7 cm³/mol. The molecule has 98 valence electrons. The molecule has 0 aromatic heterocycles. The Morgan fingerprint density at radius 2 is 2.22 bits per heavy atom. The third kappa shape index (κ3) is 3.23. The van der Waals surface area contributed by atoms with E-state index in [1.54, 1.807) is 0 Å². The van der Waals surface area contributed by atoms with Gasteiger partial charge in [-0.2, -0.15) is 0 Å². The second-order valence-electron chi connectivity index (χ2n) is 4.87. The Morgan fingerprint density at radius 3 is 2.94 bits per heavy atom. The van der Waals surface area contributed by atoms with Gasteiger partial charge in [0.2, 0.25) is 0 Å². The minimum atomic E-state index is -0.359. The van der Waals surface area contributed by atoms with Crippen molar-refractivity contribution in [3.8, 4) is 5.75 Å². The van der Waals surface area contributed by atoms with Crippen molar-refractivity contribution in [3.63, 3.8) is 0 Å². The quantitative estimate of drug-likeness (QED) is 0.792. The molecular formula is C14H20N2O2. The first-order valence-electron chi connectivity index (χ1n) is 6.34. The van der Waals surface area contributed by atoms with Crippen LogP contribution in [0.15, 0.2) is 24.3 Å². The Morgan fingerprint density at radius 1 is 1.44 bits per heavy atom. The number of benzene rings is 1. The first kappa shape index (κ1) is 12.9. The molecule has 0 aliphatic carbocycles. The standard InChI is InChI=1S/C14H20N2O2/c1-16(2)9-5-8-15-14(17)13-10-11-6-3-4-7-12(11)18-13/h3-4,6-7,13H,5,8-10H2,1-2H3,(H,15,17). The topological polar surface area (TPSA) is 41.6 Å². The Balaban J connectivity index is 1.76. The fourth-order valence-electron chi connectivity index (χ4n) is 2.05. The van der Waals surface area contributed by atoms with E-state index in [0.717, 1.165) is 24.3 Å². The van der Waals surface area contributed by atoms with E-state index in [2.05, 4.69) is 10.2 Å². The van der Waals surface area contributed by atoms with E-state index in [0.29, 0.717) is 13.0 Å². The molecule has 0 radical (unpaired) electrons. The zero-order chi connectivity index (χ0) is 13.0. The highest BCUT2D eigenvalue weighted by atomic mass is 16.5. The Bertz CT molecular complexity index is 393. The van der Waals surface area contributed by atoms with Crippen molar-refractivity contribution in [2.75, 3.05) is 27.2 Å². The summed E-state index contributed by atoms with van der Waals surface area (Å²) in [5.74, 6) is 0.830. The number of rotatable bonds is 5. The van der Waals surface area contributed by atoms with Crippen molar-refractivity contribution in [3.05, 3.63) is 29.8 Å². The molecule has 0 spiro atoms. The molecule has 1 aromatic carbocycles. The maximum absolute atomic E-state index is 11.9. The van der Waals surface area contributed by atoms with Crippen molar-refractivity contribution in [1.82, 2.24) is 10.2 Å². The van der Waals surface area contributed by atoms with Crippen molar-refractivity contribution in [2.45, 2.75) is 18.9 Å². The summed E-state index contributed by atoms with van der Waals surface area (Å²) in [6.45, 7) is 1.68. The van der Waals surface area contributed by atoms with E-state index >= 15 is 0 Å². The fraction of sp³-hybridized carbons (Fsp3) is 0.500. The molecule has 4 heteroatoms. The monoisotopic (exact) mass is 248 g/mol. The molecule has 1 aromatic rings.